The molecule has 1 atom stereocenters. The number of aryl methyl sites for hydroxylation is 1. The van der Waals surface area contributed by atoms with Crippen molar-refractivity contribution in [3.8, 4) is 11.5 Å². The maximum Gasteiger partial charge on any atom is 0.231 e. The maximum atomic E-state index is 5.41. The van der Waals surface area contributed by atoms with E-state index < -0.39 is 0 Å². The van der Waals surface area contributed by atoms with Crippen LogP contribution in [-0.2, 0) is 6.42 Å². The molecule has 1 aromatic rings. The van der Waals surface area contributed by atoms with Crippen molar-refractivity contribution in [2.24, 2.45) is 5.92 Å². The molecule has 3 nitrogen and oxygen atoms in total. The summed E-state index contributed by atoms with van der Waals surface area (Å²) in [6.07, 6.45) is 4.81. The normalized spacial score (nSPS) is 14.8. The highest BCUT2D eigenvalue weighted by Gasteiger charge is 2.13. The largest absolute Gasteiger partial charge is 0.454 e. The first-order valence-electron chi connectivity index (χ1n) is 7.77. The summed E-state index contributed by atoms with van der Waals surface area (Å²) in [4.78, 5) is 0. The number of hydrogen-bond donors (Lipinski definition) is 1. The highest BCUT2D eigenvalue weighted by molar-refractivity contribution is 5.44. The van der Waals surface area contributed by atoms with E-state index in [0.717, 1.165) is 36.8 Å². The number of nitrogens with one attached hydrogen (secondary N) is 1. The van der Waals surface area contributed by atoms with Crippen LogP contribution in [0.2, 0.25) is 0 Å². The minimum Gasteiger partial charge on any atom is -0.454 e. The molecule has 0 aliphatic carbocycles. The van der Waals surface area contributed by atoms with Gasteiger partial charge in [-0.1, -0.05) is 19.9 Å². The molecule has 1 aromatic carbocycles. The lowest BCUT2D eigenvalue weighted by Crippen LogP contribution is -2.27. The molecule has 2 rings (SSSR count). The molecule has 0 bridgehead atoms. The van der Waals surface area contributed by atoms with Gasteiger partial charge in [0, 0.05) is 6.04 Å². The molecule has 0 amide bonds. The fourth-order valence-corrected chi connectivity index (χ4v) is 2.44. The van der Waals surface area contributed by atoms with Gasteiger partial charge < -0.3 is 14.8 Å². The Labute approximate surface area is 122 Å². The Morgan fingerprint density at radius 3 is 2.70 bits per heavy atom. The predicted molar refractivity (Wildman–Crippen MR) is 82.4 cm³/mol. The van der Waals surface area contributed by atoms with Crippen molar-refractivity contribution in [2.75, 3.05) is 13.3 Å². The third kappa shape index (κ3) is 4.71. The van der Waals surface area contributed by atoms with Crippen LogP contribution in [0.5, 0.6) is 11.5 Å². The van der Waals surface area contributed by atoms with E-state index in [2.05, 4.69) is 38.2 Å². The number of benzene rings is 1. The molecule has 1 heterocycles. The van der Waals surface area contributed by atoms with Crippen LogP contribution in [0.1, 0.15) is 45.6 Å². The number of hydrogen-bond acceptors (Lipinski definition) is 3. The first-order chi connectivity index (χ1) is 9.65. The average molecular weight is 277 g/mol. The lowest BCUT2D eigenvalue weighted by atomic mass is 10.0. The molecular weight excluding hydrogens is 250 g/mol. The molecule has 0 saturated carbocycles. The van der Waals surface area contributed by atoms with E-state index in [0.29, 0.717) is 12.8 Å². The van der Waals surface area contributed by atoms with Crippen molar-refractivity contribution in [3.05, 3.63) is 23.8 Å². The second-order valence-corrected chi connectivity index (χ2v) is 6.12. The van der Waals surface area contributed by atoms with Crippen LogP contribution in [0, 0.1) is 5.92 Å². The van der Waals surface area contributed by atoms with Gasteiger partial charge in [-0.05, 0) is 62.8 Å². The summed E-state index contributed by atoms with van der Waals surface area (Å²) in [5.74, 6) is 2.56. The van der Waals surface area contributed by atoms with Crippen molar-refractivity contribution >= 4 is 0 Å². The third-order valence-electron chi connectivity index (χ3n) is 3.75. The van der Waals surface area contributed by atoms with Gasteiger partial charge in [0.25, 0.3) is 0 Å². The van der Waals surface area contributed by atoms with Gasteiger partial charge in [0.2, 0.25) is 6.79 Å². The summed E-state index contributed by atoms with van der Waals surface area (Å²) in [5, 5.41) is 3.60. The smallest absolute Gasteiger partial charge is 0.231 e. The molecule has 1 aliphatic heterocycles. The molecule has 1 N–H and O–H groups in total. The van der Waals surface area contributed by atoms with Gasteiger partial charge in [-0.25, -0.2) is 0 Å². The van der Waals surface area contributed by atoms with E-state index in [1.165, 1.54) is 18.4 Å². The van der Waals surface area contributed by atoms with E-state index in [-0.39, 0.29) is 0 Å². The minimum atomic E-state index is 0.354. The van der Waals surface area contributed by atoms with Gasteiger partial charge in [0.15, 0.2) is 11.5 Å². The van der Waals surface area contributed by atoms with E-state index >= 15 is 0 Å². The molecule has 1 unspecified atom stereocenters. The van der Waals surface area contributed by atoms with Gasteiger partial charge in [0.05, 0.1) is 0 Å². The van der Waals surface area contributed by atoms with Crippen LogP contribution in [0.25, 0.3) is 0 Å². The molecule has 0 aromatic heterocycles. The zero-order chi connectivity index (χ0) is 14.4. The van der Waals surface area contributed by atoms with Gasteiger partial charge in [0.1, 0.15) is 0 Å². The van der Waals surface area contributed by atoms with E-state index in [1.54, 1.807) is 0 Å². The number of fused-ring (bicyclic) bond motifs is 1. The van der Waals surface area contributed by atoms with Crippen molar-refractivity contribution in [1.82, 2.24) is 5.32 Å². The van der Waals surface area contributed by atoms with Gasteiger partial charge in [-0.2, -0.15) is 0 Å². The quantitative estimate of drug-likeness (QED) is 0.734. The van der Waals surface area contributed by atoms with Crippen molar-refractivity contribution < 1.29 is 9.47 Å². The third-order valence-corrected chi connectivity index (χ3v) is 3.75. The van der Waals surface area contributed by atoms with Crippen LogP contribution >= 0.6 is 0 Å². The maximum absolute atomic E-state index is 5.41. The summed E-state index contributed by atoms with van der Waals surface area (Å²) in [6, 6.07) is 6.82. The molecule has 0 fully saturated rings. The van der Waals surface area contributed by atoms with Gasteiger partial charge in [-0.15, -0.1) is 0 Å². The van der Waals surface area contributed by atoms with Crippen LogP contribution in [0.15, 0.2) is 18.2 Å². The highest BCUT2D eigenvalue weighted by Crippen LogP contribution is 2.32. The second-order valence-electron chi connectivity index (χ2n) is 6.12. The van der Waals surface area contributed by atoms with Crippen molar-refractivity contribution in [2.45, 2.75) is 52.5 Å². The standard InChI is InChI=1S/C17H27NO2/c1-13(2)5-4-10-18-14(3)6-7-15-8-9-16-17(11-15)20-12-19-16/h8-9,11,13-14,18H,4-7,10,12H2,1-3H3. The summed E-state index contributed by atoms with van der Waals surface area (Å²) < 4.78 is 10.7. The summed E-state index contributed by atoms with van der Waals surface area (Å²) in [5.41, 5.74) is 1.32. The molecule has 1 aliphatic rings. The molecule has 0 radical (unpaired) electrons. The Balaban J connectivity index is 1.67. The number of rotatable bonds is 8. The second kappa shape index (κ2) is 7.53. The number of ether oxygens (including phenoxy) is 2. The molecule has 3 heteroatoms. The molecule has 0 saturated heterocycles. The van der Waals surface area contributed by atoms with Crippen molar-refractivity contribution in [3.63, 3.8) is 0 Å². The van der Waals surface area contributed by atoms with E-state index in [4.69, 9.17) is 9.47 Å². The van der Waals surface area contributed by atoms with Gasteiger partial charge in [-0.3, -0.25) is 0 Å². The topological polar surface area (TPSA) is 30.5 Å². The average Bonchev–Trinajstić information content (AvgIpc) is 2.88. The van der Waals surface area contributed by atoms with Gasteiger partial charge >= 0.3 is 0 Å². The molecule has 20 heavy (non-hydrogen) atoms. The fourth-order valence-electron chi connectivity index (χ4n) is 2.44. The summed E-state index contributed by atoms with van der Waals surface area (Å²) in [6.45, 7) is 8.31. The zero-order valence-electron chi connectivity index (χ0n) is 12.9. The Morgan fingerprint density at radius 2 is 1.90 bits per heavy atom. The highest BCUT2D eigenvalue weighted by atomic mass is 16.7. The Bertz CT molecular complexity index is 417. The lowest BCUT2D eigenvalue weighted by Gasteiger charge is -2.14. The SMILES string of the molecule is CC(C)CCCNC(C)CCc1ccc2c(c1)OCO2. The van der Waals surface area contributed by atoms with Crippen LogP contribution in [-0.4, -0.2) is 19.4 Å². The zero-order valence-corrected chi connectivity index (χ0v) is 12.9. The van der Waals surface area contributed by atoms with E-state index in [9.17, 15) is 0 Å². The summed E-state index contributed by atoms with van der Waals surface area (Å²) >= 11 is 0. The Hall–Kier alpha value is -1.22. The summed E-state index contributed by atoms with van der Waals surface area (Å²) in [7, 11) is 0. The molecule has 112 valence electrons. The Morgan fingerprint density at radius 1 is 1.10 bits per heavy atom. The van der Waals surface area contributed by atoms with Crippen molar-refractivity contribution in [1.29, 1.82) is 0 Å². The van der Waals surface area contributed by atoms with Crippen LogP contribution < -0.4 is 14.8 Å². The monoisotopic (exact) mass is 277 g/mol. The molecular formula is C17H27NO2. The first kappa shape index (κ1) is 15.2. The lowest BCUT2D eigenvalue weighted by molar-refractivity contribution is 0.174. The van der Waals surface area contributed by atoms with Crippen LogP contribution in [0.4, 0.5) is 0 Å². The minimum absolute atomic E-state index is 0.354. The predicted octanol–water partition coefficient (Wildman–Crippen LogP) is 3.76. The van der Waals surface area contributed by atoms with Crippen LogP contribution in [0.3, 0.4) is 0 Å². The Kier molecular flexibility index (Phi) is 5.72. The van der Waals surface area contributed by atoms with E-state index in [1.807, 2.05) is 6.07 Å². The first-order valence-corrected chi connectivity index (χ1v) is 7.77. The fraction of sp³-hybridized carbons (Fsp3) is 0.647. The molecule has 0 spiro atoms.